The van der Waals surface area contributed by atoms with E-state index in [4.69, 9.17) is 9.47 Å². The zero-order valence-electron chi connectivity index (χ0n) is 13.1. The summed E-state index contributed by atoms with van der Waals surface area (Å²) in [5.41, 5.74) is 1.01. The molecular weight excluding hydrogens is 296 g/mol. The number of amides is 1. The molecule has 0 unspecified atom stereocenters. The highest BCUT2D eigenvalue weighted by Crippen LogP contribution is 2.35. The molecule has 1 amide bonds. The minimum absolute atomic E-state index is 0.0251. The quantitative estimate of drug-likeness (QED) is 0.806. The molecule has 122 valence electrons. The zero-order valence-corrected chi connectivity index (χ0v) is 13.1. The average Bonchev–Trinajstić information content (AvgIpc) is 3.10. The summed E-state index contributed by atoms with van der Waals surface area (Å²) in [6.45, 7) is 1.73. The number of ether oxygens (including phenoxy) is 2. The van der Waals surface area contributed by atoms with Crippen LogP contribution in [0.1, 0.15) is 12.0 Å². The molecule has 7 nitrogen and oxygen atoms in total. The second kappa shape index (κ2) is 7.13. The molecule has 0 radical (unpaired) electrons. The lowest BCUT2D eigenvalue weighted by atomic mass is 9.95. The van der Waals surface area contributed by atoms with Crippen LogP contribution < -0.4 is 14.8 Å². The van der Waals surface area contributed by atoms with Crippen LogP contribution in [0.5, 0.6) is 11.5 Å². The van der Waals surface area contributed by atoms with Crippen molar-refractivity contribution in [1.82, 2.24) is 20.3 Å². The first-order chi connectivity index (χ1) is 11.3. The Labute approximate surface area is 134 Å². The molecule has 0 fully saturated rings. The van der Waals surface area contributed by atoms with Crippen LogP contribution in [-0.4, -0.2) is 41.2 Å². The van der Waals surface area contributed by atoms with E-state index in [9.17, 15) is 4.79 Å². The number of hydrogen-bond donors (Lipinski definition) is 1. The first-order valence-electron chi connectivity index (χ1n) is 7.68. The lowest BCUT2D eigenvalue weighted by Gasteiger charge is -2.25. The van der Waals surface area contributed by atoms with Gasteiger partial charge in [-0.3, -0.25) is 9.48 Å². The Bertz CT molecular complexity index is 657. The van der Waals surface area contributed by atoms with E-state index in [2.05, 4.69) is 15.6 Å². The lowest BCUT2D eigenvalue weighted by Crippen LogP contribution is -2.38. The number of aromatic nitrogens is 3. The van der Waals surface area contributed by atoms with Gasteiger partial charge in [0.15, 0.2) is 11.5 Å². The molecule has 7 heteroatoms. The number of carbonyl (C=O) groups excluding carboxylic acids is 1. The van der Waals surface area contributed by atoms with Crippen molar-refractivity contribution in [3.05, 3.63) is 36.2 Å². The van der Waals surface area contributed by atoms with E-state index >= 15 is 0 Å². The molecule has 0 saturated carbocycles. The van der Waals surface area contributed by atoms with Crippen molar-refractivity contribution >= 4 is 5.91 Å². The van der Waals surface area contributed by atoms with Crippen molar-refractivity contribution in [2.45, 2.75) is 19.4 Å². The van der Waals surface area contributed by atoms with Crippen molar-refractivity contribution < 1.29 is 14.3 Å². The van der Waals surface area contributed by atoms with Gasteiger partial charge in [-0.25, -0.2) is 0 Å². The van der Waals surface area contributed by atoms with Crippen LogP contribution in [0.2, 0.25) is 0 Å². The second-order valence-corrected chi connectivity index (χ2v) is 5.47. The van der Waals surface area contributed by atoms with E-state index in [-0.39, 0.29) is 11.8 Å². The smallest absolute Gasteiger partial charge is 0.226 e. The summed E-state index contributed by atoms with van der Waals surface area (Å²) in [7, 11) is 1.62. The maximum atomic E-state index is 12.3. The molecule has 1 aromatic heterocycles. The van der Waals surface area contributed by atoms with E-state index in [1.807, 2.05) is 18.2 Å². The van der Waals surface area contributed by atoms with Gasteiger partial charge in [-0.05, 0) is 24.5 Å². The Morgan fingerprint density at radius 1 is 1.52 bits per heavy atom. The molecule has 0 bridgehead atoms. The van der Waals surface area contributed by atoms with Crippen LogP contribution in [0.3, 0.4) is 0 Å². The van der Waals surface area contributed by atoms with Gasteiger partial charge in [-0.15, -0.1) is 5.10 Å². The molecule has 1 N–H and O–H groups in total. The van der Waals surface area contributed by atoms with Crippen molar-refractivity contribution in [2.75, 3.05) is 20.3 Å². The van der Waals surface area contributed by atoms with Crippen LogP contribution in [0, 0.1) is 5.92 Å². The standard InChI is InChI=1S/C16H20N4O3/c1-22-14-5-2-4-12-10-13(11-23-15(12)14)16(21)17-6-3-8-20-9-7-18-19-20/h2,4-5,7,9,13H,3,6,8,10-11H2,1H3,(H,17,21)/t13-/m1/s1. The number of rotatable bonds is 6. The molecule has 3 rings (SSSR count). The number of fused-ring (bicyclic) bond motifs is 1. The third-order valence-corrected chi connectivity index (χ3v) is 3.88. The van der Waals surface area contributed by atoms with E-state index in [1.54, 1.807) is 24.2 Å². The third-order valence-electron chi connectivity index (χ3n) is 3.88. The van der Waals surface area contributed by atoms with Gasteiger partial charge in [-0.1, -0.05) is 17.3 Å². The molecule has 1 aliphatic heterocycles. The Morgan fingerprint density at radius 3 is 3.22 bits per heavy atom. The Morgan fingerprint density at radius 2 is 2.43 bits per heavy atom. The van der Waals surface area contributed by atoms with Crippen molar-refractivity contribution in [2.24, 2.45) is 5.92 Å². The van der Waals surface area contributed by atoms with Crippen molar-refractivity contribution in [3.63, 3.8) is 0 Å². The normalized spacial score (nSPS) is 16.3. The van der Waals surface area contributed by atoms with Gasteiger partial charge in [0, 0.05) is 19.3 Å². The maximum absolute atomic E-state index is 12.3. The average molecular weight is 316 g/mol. The van der Waals surface area contributed by atoms with Gasteiger partial charge >= 0.3 is 0 Å². The fourth-order valence-electron chi connectivity index (χ4n) is 2.67. The molecule has 0 aliphatic carbocycles. The minimum atomic E-state index is -0.166. The predicted molar refractivity (Wildman–Crippen MR) is 83.3 cm³/mol. The fraction of sp³-hybridized carbons (Fsp3) is 0.438. The topological polar surface area (TPSA) is 78.3 Å². The molecule has 2 aromatic rings. The highest BCUT2D eigenvalue weighted by molar-refractivity contribution is 5.79. The number of nitrogens with one attached hydrogen (secondary N) is 1. The van der Waals surface area contributed by atoms with Gasteiger partial charge < -0.3 is 14.8 Å². The minimum Gasteiger partial charge on any atom is -0.493 e. The highest BCUT2D eigenvalue weighted by Gasteiger charge is 2.27. The molecule has 1 aromatic carbocycles. The number of para-hydroxylation sites is 1. The largest absolute Gasteiger partial charge is 0.493 e. The summed E-state index contributed by atoms with van der Waals surface area (Å²) in [6.07, 6.45) is 4.93. The molecule has 1 aliphatic rings. The summed E-state index contributed by atoms with van der Waals surface area (Å²) in [6, 6.07) is 5.75. The number of hydrogen-bond acceptors (Lipinski definition) is 5. The summed E-state index contributed by atoms with van der Waals surface area (Å²) < 4.78 is 12.8. The molecule has 0 spiro atoms. The monoisotopic (exact) mass is 316 g/mol. The number of benzene rings is 1. The summed E-state index contributed by atoms with van der Waals surface area (Å²) in [5, 5.41) is 10.6. The van der Waals surface area contributed by atoms with Gasteiger partial charge in [0.25, 0.3) is 0 Å². The number of methoxy groups -OCH3 is 1. The fourth-order valence-corrected chi connectivity index (χ4v) is 2.67. The predicted octanol–water partition coefficient (Wildman–Crippen LogP) is 1.04. The van der Waals surface area contributed by atoms with Gasteiger partial charge in [-0.2, -0.15) is 0 Å². The van der Waals surface area contributed by atoms with Crippen molar-refractivity contribution in [3.8, 4) is 11.5 Å². The van der Waals surface area contributed by atoms with Gasteiger partial charge in [0.2, 0.25) is 5.91 Å². The zero-order chi connectivity index (χ0) is 16.1. The number of aryl methyl sites for hydroxylation is 1. The molecule has 23 heavy (non-hydrogen) atoms. The first kappa shape index (κ1) is 15.3. The van der Waals surface area contributed by atoms with E-state index in [0.29, 0.717) is 25.3 Å². The van der Waals surface area contributed by atoms with Crippen molar-refractivity contribution in [1.29, 1.82) is 0 Å². The Hall–Kier alpha value is -2.57. The van der Waals surface area contributed by atoms with Crippen LogP contribution in [0.25, 0.3) is 0 Å². The molecule has 0 saturated heterocycles. The number of carbonyl (C=O) groups is 1. The molecule has 2 heterocycles. The second-order valence-electron chi connectivity index (χ2n) is 5.47. The first-order valence-corrected chi connectivity index (χ1v) is 7.68. The van der Waals surface area contributed by atoms with Gasteiger partial charge in [0.05, 0.1) is 19.2 Å². The maximum Gasteiger partial charge on any atom is 0.226 e. The lowest BCUT2D eigenvalue weighted by molar-refractivity contribution is -0.126. The van der Waals surface area contributed by atoms with Gasteiger partial charge in [0.1, 0.15) is 6.61 Å². The third kappa shape index (κ3) is 3.61. The van der Waals surface area contributed by atoms with Crippen LogP contribution in [0.15, 0.2) is 30.6 Å². The SMILES string of the molecule is COc1cccc2c1OC[C@H](C(=O)NCCCn1ccnn1)C2. The summed E-state index contributed by atoms with van der Waals surface area (Å²) >= 11 is 0. The van der Waals surface area contributed by atoms with Crippen LogP contribution in [0.4, 0.5) is 0 Å². The molecule has 1 atom stereocenters. The van der Waals surface area contributed by atoms with Crippen LogP contribution >= 0.6 is 0 Å². The Kier molecular flexibility index (Phi) is 4.75. The number of nitrogens with zero attached hydrogens (tertiary/aromatic N) is 3. The summed E-state index contributed by atoms with van der Waals surface area (Å²) in [4.78, 5) is 12.3. The van der Waals surface area contributed by atoms with E-state index in [1.165, 1.54) is 0 Å². The van der Waals surface area contributed by atoms with E-state index in [0.717, 1.165) is 24.3 Å². The highest BCUT2D eigenvalue weighted by atomic mass is 16.5. The van der Waals surface area contributed by atoms with E-state index < -0.39 is 0 Å². The van der Waals surface area contributed by atoms with Crippen LogP contribution in [-0.2, 0) is 17.8 Å². The summed E-state index contributed by atoms with van der Waals surface area (Å²) in [5.74, 6) is 1.33. The Balaban J connectivity index is 1.49. The molecular formula is C16H20N4O3.